The van der Waals surface area contributed by atoms with Crippen molar-refractivity contribution in [1.29, 1.82) is 0 Å². The van der Waals surface area contributed by atoms with Crippen LogP contribution in [-0.4, -0.2) is 43.2 Å². The number of hydrogen-bond donors (Lipinski definition) is 1. The Labute approximate surface area is 103 Å². The van der Waals surface area contributed by atoms with Crippen molar-refractivity contribution < 1.29 is 14.6 Å². The minimum atomic E-state index is -0.968. The first-order chi connectivity index (χ1) is 7.50. The summed E-state index contributed by atoms with van der Waals surface area (Å²) in [7, 11) is 3.90. The van der Waals surface area contributed by atoms with Crippen LogP contribution in [0, 0.1) is 0 Å². The predicted octanol–water partition coefficient (Wildman–Crippen LogP) is 2.09. The maximum absolute atomic E-state index is 10.9. The van der Waals surface area contributed by atoms with E-state index < -0.39 is 5.97 Å². The van der Waals surface area contributed by atoms with Crippen molar-refractivity contribution in [2.45, 2.75) is 0 Å². The highest BCUT2D eigenvalue weighted by Crippen LogP contribution is 2.22. The van der Waals surface area contributed by atoms with E-state index in [4.69, 9.17) is 9.84 Å². The van der Waals surface area contributed by atoms with E-state index in [1.807, 2.05) is 19.0 Å². The van der Waals surface area contributed by atoms with Gasteiger partial charge in [0, 0.05) is 11.0 Å². The van der Waals surface area contributed by atoms with E-state index in [9.17, 15) is 4.79 Å². The lowest BCUT2D eigenvalue weighted by Crippen LogP contribution is -2.19. The molecule has 0 amide bonds. The van der Waals surface area contributed by atoms with Crippen molar-refractivity contribution in [1.82, 2.24) is 4.90 Å². The Morgan fingerprint density at radius 1 is 1.50 bits per heavy atom. The molecule has 0 spiro atoms. The summed E-state index contributed by atoms with van der Waals surface area (Å²) in [6.07, 6.45) is 0. The summed E-state index contributed by atoms with van der Waals surface area (Å²) in [5.74, 6) is -0.396. The van der Waals surface area contributed by atoms with Gasteiger partial charge in [-0.15, -0.1) is 0 Å². The van der Waals surface area contributed by atoms with Crippen LogP contribution in [0.25, 0.3) is 0 Å². The van der Waals surface area contributed by atoms with Crippen LogP contribution in [-0.2, 0) is 0 Å². The van der Waals surface area contributed by atoms with Crippen molar-refractivity contribution in [2.75, 3.05) is 27.2 Å². The average molecular weight is 288 g/mol. The summed E-state index contributed by atoms with van der Waals surface area (Å²) in [6.45, 7) is 1.33. The number of carboxylic acid groups (broad SMARTS) is 1. The van der Waals surface area contributed by atoms with Crippen LogP contribution >= 0.6 is 15.9 Å². The lowest BCUT2D eigenvalue weighted by Gasteiger charge is -2.11. The molecule has 0 atom stereocenters. The smallest absolute Gasteiger partial charge is 0.336 e. The number of ether oxygens (including phenoxy) is 1. The van der Waals surface area contributed by atoms with Gasteiger partial charge in [0.2, 0.25) is 0 Å². The second kappa shape index (κ2) is 5.86. The Bertz CT molecular complexity index is 379. The molecule has 4 nitrogen and oxygen atoms in total. The van der Waals surface area contributed by atoms with Gasteiger partial charge in [-0.2, -0.15) is 0 Å². The minimum absolute atomic E-state index is 0.211. The van der Waals surface area contributed by atoms with Crippen molar-refractivity contribution in [3.05, 3.63) is 28.2 Å². The molecule has 1 aromatic rings. The van der Waals surface area contributed by atoms with Gasteiger partial charge < -0.3 is 14.7 Å². The number of carbonyl (C=O) groups is 1. The molecule has 0 bridgehead atoms. The molecular weight excluding hydrogens is 274 g/mol. The fourth-order valence-corrected chi connectivity index (χ4v) is 1.52. The largest absolute Gasteiger partial charge is 0.492 e. The van der Waals surface area contributed by atoms with Gasteiger partial charge in [-0.3, -0.25) is 0 Å². The second-order valence-electron chi connectivity index (χ2n) is 3.60. The van der Waals surface area contributed by atoms with E-state index in [1.165, 1.54) is 6.07 Å². The summed E-state index contributed by atoms with van der Waals surface area (Å²) in [5.41, 5.74) is 0.211. The van der Waals surface area contributed by atoms with Crippen LogP contribution in [0.1, 0.15) is 10.4 Å². The molecule has 0 saturated carbocycles. The maximum atomic E-state index is 10.9. The van der Waals surface area contributed by atoms with Gasteiger partial charge in [-0.05, 0) is 48.2 Å². The van der Waals surface area contributed by atoms with Crippen LogP contribution in [0.4, 0.5) is 0 Å². The molecule has 1 N–H and O–H groups in total. The van der Waals surface area contributed by atoms with E-state index >= 15 is 0 Å². The molecular formula is C11H14BrNO3. The van der Waals surface area contributed by atoms with Crippen LogP contribution in [0.2, 0.25) is 0 Å². The fourth-order valence-electron chi connectivity index (χ4n) is 1.10. The molecule has 0 aliphatic carbocycles. The number of rotatable bonds is 5. The number of carboxylic acids is 1. The third-order valence-electron chi connectivity index (χ3n) is 1.98. The van der Waals surface area contributed by atoms with Gasteiger partial charge in [-0.1, -0.05) is 0 Å². The Morgan fingerprint density at radius 3 is 2.75 bits per heavy atom. The third kappa shape index (κ3) is 3.83. The normalized spacial score (nSPS) is 10.5. The highest BCUT2D eigenvalue weighted by Gasteiger charge is 2.09. The van der Waals surface area contributed by atoms with Crippen molar-refractivity contribution in [3.63, 3.8) is 0 Å². The van der Waals surface area contributed by atoms with Crippen LogP contribution < -0.4 is 4.74 Å². The molecule has 0 saturated heterocycles. The molecule has 0 fully saturated rings. The monoisotopic (exact) mass is 287 g/mol. The SMILES string of the molecule is CN(C)CCOc1ccc(Br)c(C(=O)O)c1. The van der Waals surface area contributed by atoms with E-state index in [0.717, 1.165) is 6.54 Å². The molecule has 88 valence electrons. The molecule has 1 rings (SSSR count). The first-order valence-corrected chi connectivity index (χ1v) is 5.60. The average Bonchev–Trinajstić information content (AvgIpc) is 2.19. The topological polar surface area (TPSA) is 49.8 Å². The molecule has 1 aromatic carbocycles. The van der Waals surface area contributed by atoms with Crippen LogP contribution in [0.15, 0.2) is 22.7 Å². The predicted molar refractivity (Wildman–Crippen MR) is 65.2 cm³/mol. The summed E-state index contributed by atoms with van der Waals surface area (Å²) >= 11 is 3.18. The highest BCUT2D eigenvalue weighted by molar-refractivity contribution is 9.10. The molecule has 5 heteroatoms. The zero-order valence-electron chi connectivity index (χ0n) is 9.24. The Balaban J connectivity index is 2.68. The van der Waals surface area contributed by atoms with Crippen molar-refractivity contribution in [2.24, 2.45) is 0 Å². The van der Waals surface area contributed by atoms with Gasteiger partial charge in [0.1, 0.15) is 12.4 Å². The number of halogens is 1. The second-order valence-corrected chi connectivity index (χ2v) is 4.45. The quantitative estimate of drug-likeness (QED) is 0.901. The Kier molecular flexibility index (Phi) is 4.76. The first-order valence-electron chi connectivity index (χ1n) is 4.81. The molecule has 0 heterocycles. The van der Waals surface area contributed by atoms with Crippen LogP contribution in [0.3, 0.4) is 0 Å². The lowest BCUT2D eigenvalue weighted by molar-refractivity contribution is 0.0695. The van der Waals surface area contributed by atoms with E-state index in [-0.39, 0.29) is 5.56 Å². The zero-order valence-corrected chi connectivity index (χ0v) is 10.8. The van der Waals surface area contributed by atoms with Gasteiger partial charge in [0.25, 0.3) is 0 Å². The van der Waals surface area contributed by atoms with Gasteiger partial charge >= 0.3 is 5.97 Å². The number of nitrogens with zero attached hydrogens (tertiary/aromatic N) is 1. The molecule has 0 aliphatic rings. The number of likely N-dealkylation sites (N-methyl/N-ethyl adjacent to an activating group) is 1. The number of hydrogen-bond acceptors (Lipinski definition) is 3. The Hall–Kier alpha value is -1.07. The number of benzene rings is 1. The first kappa shape index (κ1) is 13.0. The Morgan fingerprint density at radius 2 is 2.19 bits per heavy atom. The van der Waals surface area contributed by atoms with Crippen LogP contribution in [0.5, 0.6) is 5.75 Å². The third-order valence-corrected chi connectivity index (χ3v) is 2.67. The molecule has 16 heavy (non-hydrogen) atoms. The molecule has 0 radical (unpaired) electrons. The van der Waals surface area contributed by atoms with E-state index in [2.05, 4.69) is 15.9 Å². The molecule has 0 aromatic heterocycles. The van der Waals surface area contributed by atoms with E-state index in [1.54, 1.807) is 12.1 Å². The lowest BCUT2D eigenvalue weighted by atomic mass is 10.2. The maximum Gasteiger partial charge on any atom is 0.336 e. The van der Waals surface area contributed by atoms with Gasteiger partial charge in [-0.25, -0.2) is 4.79 Å². The van der Waals surface area contributed by atoms with Crippen molar-refractivity contribution >= 4 is 21.9 Å². The standard InChI is InChI=1S/C11H14BrNO3/c1-13(2)5-6-16-8-3-4-10(12)9(7-8)11(14)15/h3-4,7H,5-6H2,1-2H3,(H,14,15). The zero-order chi connectivity index (χ0) is 12.1. The molecule has 0 aliphatic heterocycles. The highest BCUT2D eigenvalue weighted by atomic mass is 79.9. The summed E-state index contributed by atoms with van der Waals surface area (Å²) < 4.78 is 5.99. The van der Waals surface area contributed by atoms with Crippen molar-refractivity contribution in [3.8, 4) is 5.75 Å². The van der Waals surface area contributed by atoms with Gasteiger partial charge in [0.15, 0.2) is 0 Å². The molecule has 0 unspecified atom stereocenters. The summed E-state index contributed by atoms with van der Waals surface area (Å²) in [6, 6.07) is 4.93. The van der Waals surface area contributed by atoms with Gasteiger partial charge in [0.05, 0.1) is 5.56 Å². The minimum Gasteiger partial charge on any atom is -0.492 e. The number of aromatic carboxylic acids is 1. The summed E-state index contributed by atoms with van der Waals surface area (Å²) in [5, 5.41) is 8.91. The fraction of sp³-hybridized carbons (Fsp3) is 0.364. The summed E-state index contributed by atoms with van der Waals surface area (Å²) in [4.78, 5) is 12.9. The van der Waals surface area contributed by atoms with E-state index in [0.29, 0.717) is 16.8 Å².